The molecule has 1 heterocycles. The number of hydrogen-bond acceptors (Lipinski definition) is 5. The molecule has 0 amide bonds. The summed E-state index contributed by atoms with van der Waals surface area (Å²) in [7, 11) is 1.87. The van der Waals surface area contributed by atoms with Gasteiger partial charge in [0.05, 0.1) is 13.3 Å². The Bertz CT molecular complexity index is 583. The molecule has 0 saturated carbocycles. The van der Waals surface area contributed by atoms with E-state index in [1.165, 1.54) is 6.07 Å². The van der Waals surface area contributed by atoms with Gasteiger partial charge in [0, 0.05) is 10.7 Å². The predicted octanol–water partition coefficient (Wildman–Crippen LogP) is 1.83. The van der Waals surface area contributed by atoms with Gasteiger partial charge in [-0.3, -0.25) is 4.98 Å². The van der Waals surface area contributed by atoms with Crippen molar-refractivity contribution in [2.45, 2.75) is 11.3 Å². The minimum Gasteiger partial charge on any atom is -0.494 e. The van der Waals surface area contributed by atoms with Crippen LogP contribution in [-0.2, 0) is 9.05 Å². The van der Waals surface area contributed by atoms with Crippen LogP contribution in [0.25, 0.3) is 0 Å². The average molecular weight is 283 g/mol. The monoisotopic (exact) mass is 282 g/mol. The molecule has 0 saturated heterocycles. The fourth-order valence-electron chi connectivity index (χ4n) is 1.14. The second-order valence-corrected chi connectivity index (χ2v) is 5.30. The molecule has 0 fully saturated rings. The van der Waals surface area contributed by atoms with E-state index in [0.29, 0.717) is 6.20 Å². The second-order valence-electron chi connectivity index (χ2n) is 2.77. The molecule has 0 aliphatic carbocycles. The van der Waals surface area contributed by atoms with Gasteiger partial charge in [0.25, 0.3) is 15.5 Å². The Hall–Kier alpha value is -1.46. The molecule has 0 unspecified atom stereocenters. The Morgan fingerprint density at radius 1 is 1.59 bits per heavy atom. The van der Waals surface area contributed by atoms with Gasteiger partial charge in [-0.25, -0.2) is 17.2 Å². The molecule has 5 nitrogen and oxygen atoms in total. The standard InChI is InChI=1S/C8H5ClF2N2O3S/c1-16-7-4(2-12)6(8(10)11)13-3-5(7)17(9,14)15/h3,8H,1H3. The van der Waals surface area contributed by atoms with E-state index in [4.69, 9.17) is 15.9 Å². The minimum absolute atomic E-state index is 0.534. The largest absolute Gasteiger partial charge is 0.494 e. The predicted molar refractivity (Wildman–Crippen MR) is 53.5 cm³/mol. The van der Waals surface area contributed by atoms with Crippen molar-refractivity contribution in [3.63, 3.8) is 0 Å². The van der Waals surface area contributed by atoms with Gasteiger partial charge in [-0.1, -0.05) is 0 Å². The summed E-state index contributed by atoms with van der Waals surface area (Å²) in [6.07, 6.45) is -2.39. The zero-order chi connectivity index (χ0) is 13.2. The van der Waals surface area contributed by atoms with Gasteiger partial charge < -0.3 is 4.74 Å². The molecule has 0 bridgehead atoms. The van der Waals surface area contributed by atoms with Crippen molar-refractivity contribution >= 4 is 19.7 Å². The summed E-state index contributed by atoms with van der Waals surface area (Å²) in [5, 5.41) is 8.73. The van der Waals surface area contributed by atoms with Crippen molar-refractivity contribution < 1.29 is 21.9 Å². The first kappa shape index (κ1) is 13.6. The topological polar surface area (TPSA) is 80.1 Å². The maximum atomic E-state index is 12.5. The van der Waals surface area contributed by atoms with E-state index in [0.717, 1.165) is 7.11 Å². The summed E-state index contributed by atoms with van der Waals surface area (Å²) in [5.41, 5.74) is -1.50. The number of methoxy groups -OCH3 is 1. The Balaban J connectivity index is 3.68. The quantitative estimate of drug-likeness (QED) is 0.790. The van der Waals surface area contributed by atoms with E-state index >= 15 is 0 Å². The van der Waals surface area contributed by atoms with Gasteiger partial charge in [0.2, 0.25) is 0 Å². The van der Waals surface area contributed by atoms with E-state index in [1.807, 2.05) is 0 Å². The smallest absolute Gasteiger partial charge is 0.281 e. The number of rotatable bonds is 3. The number of nitriles is 1. The Kier molecular flexibility index (Phi) is 3.85. The van der Waals surface area contributed by atoms with Crippen LogP contribution in [0.2, 0.25) is 0 Å². The van der Waals surface area contributed by atoms with Crippen molar-refractivity contribution in [1.29, 1.82) is 5.26 Å². The first-order valence-corrected chi connectivity index (χ1v) is 6.33. The van der Waals surface area contributed by atoms with Gasteiger partial charge in [-0.05, 0) is 0 Å². The second kappa shape index (κ2) is 4.81. The number of hydrogen-bond donors (Lipinski definition) is 0. The van der Waals surface area contributed by atoms with Crippen LogP contribution in [0.4, 0.5) is 8.78 Å². The SMILES string of the molecule is COc1c(S(=O)(=O)Cl)cnc(C(F)F)c1C#N. The summed E-state index contributed by atoms with van der Waals surface area (Å²) >= 11 is 0. The molecular formula is C8H5ClF2N2O3S. The third-order valence-electron chi connectivity index (χ3n) is 1.81. The number of aromatic nitrogens is 1. The van der Waals surface area contributed by atoms with Crippen molar-refractivity contribution in [2.24, 2.45) is 0 Å². The van der Waals surface area contributed by atoms with Crippen molar-refractivity contribution in [3.8, 4) is 11.8 Å². The minimum atomic E-state index is -4.23. The molecule has 1 aromatic rings. The molecule has 17 heavy (non-hydrogen) atoms. The molecule has 0 spiro atoms. The summed E-state index contributed by atoms with van der Waals surface area (Å²) in [5.74, 6) is -0.534. The third kappa shape index (κ3) is 2.62. The molecule has 9 heteroatoms. The normalized spacial score (nSPS) is 11.3. The lowest BCUT2D eigenvalue weighted by Gasteiger charge is -2.10. The van der Waals surface area contributed by atoms with E-state index in [-0.39, 0.29) is 0 Å². The first-order chi connectivity index (χ1) is 7.82. The number of nitrogens with zero attached hydrogens (tertiary/aromatic N) is 2. The number of ether oxygens (including phenoxy) is 1. The van der Waals surface area contributed by atoms with Gasteiger partial charge in [-0.15, -0.1) is 0 Å². The van der Waals surface area contributed by atoms with Crippen LogP contribution in [0, 0.1) is 11.3 Å². The van der Waals surface area contributed by atoms with Crippen LogP contribution in [-0.4, -0.2) is 20.5 Å². The summed E-state index contributed by atoms with van der Waals surface area (Å²) in [6, 6.07) is 1.42. The van der Waals surface area contributed by atoms with Gasteiger partial charge in [0.15, 0.2) is 5.75 Å². The number of pyridine rings is 1. The van der Waals surface area contributed by atoms with E-state index in [1.54, 1.807) is 0 Å². The molecule has 0 radical (unpaired) electrons. The molecule has 1 aromatic heterocycles. The molecule has 0 N–H and O–H groups in total. The Labute approximate surface area is 100 Å². The lowest BCUT2D eigenvalue weighted by atomic mass is 10.2. The number of halogens is 3. The molecule has 0 atom stereocenters. The fourth-order valence-corrected chi connectivity index (χ4v) is 2.06. The molecular weight excluding hydrogens is 278 g/mol. The lowest BCUT2D eigenvalue weighted by Crippen LogP contribution is -2.04. The van der Waals surface area contributed by atoms with Crippen LogP contribution >= 0.6 is 10.7 Å². The zero-order valence-electron chi connectivity index (χ0n) is 8.32. The third-order valence-corrected chi connectivity index (χ3v) is 3.13. The molecule has 1 rings (SSSR count). The Morgan fingerprint density at radius 3 is 2.53 bits per heavy atom. The van der Waals surface area contributed by atoms with Crippen LogP contribution < -0.4 is 4.74 Å². The maximum Gasteiger partial charge on any atom is 0.281 e. The maximum absolute atomic E-state index is 12.5. The summed E-state index contributed by atoms with van der Waals surface area (Å²) < 4.78 is 51.9. The van der Waals surface area contributed by atoms with Crippen LogP contribution in [0.3, 0.4) is 0 Å². The first-order valence-electron chi connectivity index (χ1n) is 4.02. The average Bonchev–Trinajstić information content (AvgIpc) is 2.25. The Morgan fingerprint density at radius 2 is 2.18 bits per heavy atom. The van der Waals surface area contributed by atoms with Gasteiger partial charge in [0.1, 0.15) is 22.2 Å². The molecule has 0 aliphatic rings. The van der Waals surface area contributed by atoms with E-state index in [9.17, 15) is 17.2 Å². The lowest BCUT2D eigenvalue weighted by molar-refractivity contribution is 0.145. The highest BCUT2D eigenvalue weighted by atomic mass is 35.7. The highest BCUT2D eigenvalue weighted by Gasteiger charge is 2.26. The van der Waals surface area contributed by atoms with E-state index < -0.39 is 37.4 Å². The summed E-state index contributed by atoms with van der Waals surface area (Å²) in [4.78, 5) is 2.59. The molecule has 0 aromatic carbocycles. The van der Waals surface area contributed by atoms with Gasteiger partial charge >= 0.3 is 0 Å². The van der Waals surface area contributed by atoms with Crippen molar-refractivity contribution in [3.05, 3.63) is 17.5 Å². The van der Waals surface area contributed by atoms with Gasteiger partial charge in [-0.2, -0.15) is 5.26 Å². The van der Waals surface area contributed by atoms with Crippen LogP contribution in [0.5, 0.6) is 5.75 Å². The van der Waals surface area contributed by atoms with Crippen LogP contribution in [0.1, 0.15) is 17.7 Å². The van der Waals surface area contributed by atoms with Crippen molar-refractivity contribution in [1.82, 2.24) is 4.98 Å². The zero-order valence-corrected chi connectivity index (χ0v) is 9.89. The summed E-state index contributed by atoms with van der Waals surface area (Å²) in [6.45, 7) is 0. The van der Waals surface area contributed by atoms with Crippen LogP contribution in [0.15, 0.2) is 11.1 Å². The van der Waals surface area contributed by atoms with Crippen molar-refractivity contribution in [2.75, 3.05) is 7.11 Å². The highest BCUT2D eigenvalue weighted by molar-refractivity contribution is 8.13. The molecule has 92 valence electrons. The number of alkyl halides is 2. The molecule has 0 aliphatic heterocycles. The fraction of sp³-hybridized carbons (Fsp3) is 0.250. The highest BCUT2D eigenvalue weighted by Crippen LogP contribution is 2.34. The van der Waals surface area contributed by atoms with E-state index in [2.05, 4.69) is 9.72 Å².